The molecule has 1 fully saturated rings. The zero-order chi connectivity index (χ0) is 14.8. The summed E-state index contributed by atoms with van der Waals surface area (Å²) in [6.07, 6.45) is 0.927. The Bertz CT molecular complexity index is 284. The molecule has 0 atom stereocenters. The van der Waals surface area contributed by atoms with E-state index in [-0.39, 0.29) is 11.8 Å². The van der Waals surface area contributed by atoms with Gasteiger partial charge < -0.3 is 15.4 Å². The van der Waals surface area contributed by atoms with Crippen LogP contribution < -0.4 is 10.6 Å². The molecule has 0 aromatic carbocycles. The molecule has 7 heteroatoms. The fourth-order valence-electron chi connectivity index (χ4n) is 2.00. The largest absolute Gasteiger partial charge is 0.378 e. The molecule has 1 aliphatic heterocycles. The van der Waals surface area contributed by atoms with Crippen LogP contribution in [0, 0.1) is 0 Å². The maximum Gasteiger partial charge on any atom is 0.234 e. The van der Waals surface area contributed by atoms with Gasteiger partial charge >= 0.3 is 0 Å². The minimum absolute atomic E-state index is 0.0184. The van der Waals surface area contributed by atoms with Gasteiger partial charge in [0.05, 0.1) is 26.3 Å². The summed E-state index contributed by atoms with van der Waals surface area (Å²) >= 11 is 0. The van der Waals surface area contributed by atoms with Gasteiger partial charge in [0.15, 0.2) is 0 Å². The van der Waals surface area contributed by atoms with E-state index in [1.54, 1.807) is 0 Å². The first-order chi connectivity index (χ1) is 9.58. The molecule has 0 spiro atoms. The molecule has 0 aromatic heterocycles. The van der Waals surface area contributed by atoms with E-state index in [0.29, 0.717) is 39.4 Å². The van der Waals surface area contributed by atoms with Gasteiger partial charge in [-0.2, -0.15) is 0 Å². The minimum atomic E-state index is 0.0184. The fourth-order valence-corrected chi connectivity index (χ4v) is 2.00. The van der Waals surface area contributed by atoms with Crippen LogP contribution in [0.4, 0.5) is 0 Å². The Kier molecular flexibility index (Phi) is 8.17. The number of likely N-dealkylation sites (N-methyl/N-ethyl adjacent to an activating group) is 2. The summed E-state index contributed by atoms with van der Waals surface area (Å²) in [6, 6.07) is 0. The van der Waals surface area contributed by atoms with Crippen molar-refractivity contribution in [1.82, 2.24) is 20.4 Å². The number of carbonyl (C=O) groups excluding carboxylic acids is 2. The SMILES string of the molecule is CN1CCCN(C)CC(=O)NCCOCCNC(=O)C1. The molecule has 0 saturated carbocycles. The van der Waals surface area contributed by atoms with Crippen LogP contribution in [0.1, 0.15) is 6.42 Å². The first-order valence-electron chi connectivity index (χ1n) is 7.06. The van der Waals surface area contributed by atoms with Crippen molar-refractivity contribution in [2.75, 3.05) is 66.6 Å². The number of nitrogens with one attached hydrogen (secondary N) is 2. The second-order valence-electron chi connectivity index (χ2n) is 5.14. The molecule has 1 rings (SSSR count). The molecule has 0 aromatic rings. The van der Waals surface area contributed by atoms with Crippen LogP contribution in [0.5, 0.6) is 0 Å². The lowest BCUT2D eigenvalue weighted by molar-refractivity contribution is -0.122. The molecule has 0 aliphatic carbocycles. The Morgan fingerprint density at radius 3 is 1.80 bits per heavy atom. The Hall–Kier alpha value is -1.18. The number of ether oxygens (including phenoxy) is 1. The van der Waals surface area contributed by atoms with Crippen molar-refractivity contribution in [2.24, 2.45) is 0 Å². The maximum atomic E-state index is 11.6. The molecule has 1 heterocycles. The molecular formula is C13H26N4O3. The summed E-state index contributed by atoms with van der Waals surface area (Å²) < 4.78 is 5.33. The molecular weight excluding hydrogens is 260 g/mol. The van der Waals surface area contributed by atoms with E-state index in [9.17, 15) is 9.59 Å². The zero-order valence-electron chi connectivity index (χ0n) is 12.5. The summed E-state index contributed by atoms with van der Waals surface area (Å²) in [5.41, 5.74) is 0. The number of hydrogen-bond donors (Lipinski definition) is 2. The van der Waals surface area contributed by atoms with Crippen LogP contribution in [0.3, 0.4) is 0 Å². The standard InChI is InChI=1S/C13H26N4O3/c1-16-6-3-7-17(2)11-13(19)15-5-9-20-8-4-14-12(18)10-16/h3-11H2,1-2H3,(H,14,18)(H,15,19). The number of carbonyl (C=O) groups is 2. The van der Waals surface area contributed by atoms with E-state index in [2.05, 4.69) is 10.6 Å². The van der Waals surface area contributed by atoms with E-state index >= 15 is 0 Å². The Labute approximate surface area is 120 Å². The normalized spacial score (nSPS) is 23.1. The van der Waals surface area contributed by atoms with Gasteiger partial charge in [-0.15, -0.1) is 0 Å². The maximum absolute atomic E-state index is 11.6. The van der Waals surface area contributed by atoms with Crippen molar-refractivity contribution in [1.29, 1.82) is 0 Å². The fraction of sp³-hybridized carbons (Fsp3) is 0.846. The third-order valence-corrected chi connectivity index (χ3v) is 3.04. The van der Waals surface area contributed by atoms with Gasteiger partial charge in [-0.25, -0.2) is 0 Å². The second-order valence-corrected chi connectivity index (χ2v) is 5.14. The Balaban J connectivity index is 2.39. The lowest BCUT2D eigenvalue weighted by Gasteiger charge is -2.20. The van der Waals surface area contributed by atoms with Crippen molar-refractivity contribution < 1.29 is 14.3 Å². The van der Waals surface area contributed by atoms with Crippen LogP contribution in [0.25, 0.3) is 0 Å². The van der Waals surface area contributed by atoms with E-state index in [0.717, 1.165) is 19.5 Å². The topological polar surface area (TPSA) is 73.9 Å². The van der Waals surface area contributed by atoms with Gasteiger partial charge in [-0.05, 0) is 33.6 Å². The Morgan fingerprint density at radius 1 is 0.900 bits per heavy atom. The zero-order valence-corrected chi connectivity index (χ0v) is 12.5. The highest BCUT2D eigenvalue weighted by Gasteiger charge is 2.09. The van der Waals surface area contributed by atoms with Crippen LogP contribution in [0.15, 0.2) is 0 Å². The van der Waals surface area contributed by atoms with Gasteiger partial charge in [0.1, 0.15) is 0 Å². The number of nitrogens with zero attached hydrogens (tertiary/aromatic N) is 2. The highest BCUT2D eigenvalue weighted by molar-refractivity contribution is 5.78. The van der Waals surface area contributed by atoms with Gasteiger partial charge in [0, 0.05) is 13.1 Å². The molecule has 2 N–H and O–H groups in total. The number of rotatable bonds is 0. The van der Waals surface area contributed by atoms with Gasteiger partial charge in [0.2, 0.25) is 11.8 Å². The summed E-state index contributed by atoms with van der Waals surface area (Å²) in [4.78, 5) is 27.2. The summed E-state index contributed by atoms with van der Waals surface area (Å²) in [5.74, 6) is 0.0368. The Morgan fingerprint density at radius 2 is 1.35 bits per heavy atom. The molecule has 0 bridgehead atoms. The van der Waals surface area contributed by atoms with Crippen molar-refractivity contribution in [2.45, 2.75) is 6.42 Å². The van der Waals surface area contributed by atoms with Crippen LogP contribution >= 0.6 is 0 Å². The van der Waals surface area contributed by atoms with E-state index in [1.165, 1.54) is 0 Å². The lowest BCUT2D eigenvalue weighted by atomic mass is 10.3. The lowest BCUT2D eigenvalue weighted by Crippen LogP contribution is -2.40. The van der Waals surface area contributed by atoms with Gasteiger partial charge in [-0.1, -0.05) is 0 Å². The molecule has 116 valence electrons. The third kappa shape index (κ3) is 8.08. The van der Waals surface area contributed by atoms with Crippen LogP contribution in [-0.2, 0) is 14.3 Å². The molecule has 2 amide bonds. The average Bonchev–Trinajstić information content (AvgIpc) is 2.36. The quantitative estimate of drug-likeness (QED) is 0.567. The highest BCUT2D eigenvalue weighted by atomic mass is 16.5. The average molecular weight is 286 g/mol. The molecule has 1 saturated heterocycles. The molecule has 20 heavy (non-hydrogen) atoms. The van der Waals surface area contributed by atoms with E-state index in [4.69, 9.17) is 4.74 Å². The predicted molar refractivity (Wildman–Crippen MR) is 76.4 cm³/mol. The van der Waals surface area contributed by atoms with E-state index in [1.807, 2.05) is 23.9 Å². The summed E-state index contributed by atoms with van der Waals surface area (Å²) in [6.45, 7) is 4.38. The number of amides is 2. The second kappa shape index (κ2) is 9.68. The first-order valence-corrected chi connectivity index (χ1v) is 7.06. The highest BCUT2D eigenvalue weighted by Crippen LogP contribution is 1.92. The third-order valence-electron chi connectivity index (χ3n) is 3.04. The minimum Gasteiger partial charge on any atom is -0.378 e. The van der Waals surface area contributed by atoms with Crippen LogP contribution in [-0.4, -0.2) is 88.2 Å². The van der Waals surface area contributed by atoms with E-state index < -0.39 is 0 Å². The number of hydrogen-bond acceptors (Lipinski definition) is 5. The molecule has 0 radical (unpaired) electrons. The van der Waals surface area contributed by atoms with Gasteiger partial charge in [0.25, 0.3) is 0 Å². The van der Waals surface area contributed by atoms with Gasteiger partial charge in [-0.3, -0.25) is 19.4 Å². The smallest absolute Gasteiger partial charge is 0.234 e. The van der Waals surface area contributed by atoms with Crippen molar-refractivity contribution in [3.8, 4) is 0 Å². The van der Waals surface area contributed by atoms with Crippen molar-refractivity contribution >= 4 is 11.8 Å². The predicted octanol–water partition coefficient (Wildman–Crippen LogP) is -1.50. The summed E-state index contributed by atoms with van der Waals surface area (Å²) in [7, 11) is 3.85. The van der Waals surface area contributed by atoms with Crippen LogP contribution in [0.2, 0.25) is 0 Å². The molecule has 1 aliphatic rings. The summed E-state index contributed by atoms with van der Waals surface area (Å²) in [5, 5.41) is 5.62. The van der Waals surface area contributed by atoms with Crippen molar-refractivity contribution in [3.05, 3.63) is 0 Å². The first kappa shape index (κ1) is 16.9. The van der Waals surface area contributed by atoms with Crippen molar-refractivity contribution in [3.63, 3.8) is 0 Å². The molecule has 0 unspecified atom stereocenters. The molecule has 7 nitrogen and oxygen atoms in total. The monoisotopic (exact) mass is 286 g/mol.